The van der Waals surface area contributed by atoms with Gasteiger partial charge in [-0.1, -0.05) is 23.9 Å². The number of benzene rings is 1. The lowest BCUT2D eigenvalue weighted by Gasteiger charge is -2.29. The van der Waals surface area contributed by atoms with E-state index in [1.54, 1.807) is 0 Å². The summed E-state index contributed by atoms with van der Waals surface area (Å²) in [7, 11) is 0. The highest BCUT2D eigenvalue weighted by atomic mass is 32.2. The predicted octanol–water partition coefficient (Wildman–Crippen LogP) is 1.83. The molecule has 1 heterocycles. The summed E-state index contributed by atoms with van der Waals surface area (Å²) in [4.78, 5) is 6.72. The molecule has 1 aliphatic rings. The quantitative estimate of drug-likeness (QED) is 0.643. The van der Waals surface area contributed by atoms with E-state index in [1.165, 1.54) is 11.8 Å². The average Bonchev–Trinajstić information content (AvgIpc) is 2.40. The van der Waals surface area contributed by atoms with Crippen molar-refractivity contribution in [1.29, 1.82) is 0 Å². The normalized spacial score (nSPS) is 17.2. The average molecular weight is 251 g/mol. The lowest BCUT2D eigenvalue weighted by atomic mass is 10.2. The van der Waals surface area contributed by atoms with Gasteiger partial charge in [-0.25, -0.2) is 4.99 Å². The summed E-state index contributed by atoms with van der Waals surface area (Å²) in [6.07, 6.45) is 1.93. The fourth-order valence-corrected chi connectivity index (χ4v) is 1.98. The summed E-state index contributed by atoms with van der Waals surface area (Å²) in [6.45, 7) is 3.36. The molecule has 0 atom stereocenters. The molecule has 5 heteroatoms. The van der Waals surface area contributed by atoms with Gasteiger partial charge in [0.1, 0.15) is 0 Å². The van der Waals surface area contributed by atoms with E-state index in [2.05, 4.69) is 16.0 Å². The summed E-state index contributed by atoms with van der Waals surface area (Å²) < 4.78 is 5.36. The van der Waals surface area contributed by atoms with E-state index in [0.717, 1.165) is 37.7 Å². The molecule has 0 unspecified atom stereocenters. The van der Waals surface area contributed by atoms with Crippen LogP contribution in [0.25, 0.3) is 0 Å². The summed E-state index contributed by atoms with van der Waals surface area (Å²) in [5, 5.41) is 0.589. The Labute approximate surface area is 106 Å². The maximum atomic E-state index is 5.77. The molecule has 2 rings (SSSR count). The third-order valence-electron chi connectivity index (χ3n) is 2.67. The zero-order valence-electron chi connectivity index (χ0n) is 9.93. The highest BCUT2D eigenvalue weighted by Gasteiger charge is 2.14. The highest BCUT2D eigenvalue weighted by Crippen LogP contribution is 2.29. The van der Waals surface area contributed by atoms with Crippen molar-refractivity contribution in [1.82, 2.24) is 0 Å². The van der Waals surface area contributed by atoms with Crippen LogP contribution in [0.15, 0.2) is 29.3 Å². The third kappa shape index (κ3) is 3.14. The molecule has 0 saturated carbocycles. The molecular weight excluding hydrogens is 234 g/mol. The molecule has 0 radical (unpaired) electrons. The number of amidine groups is 1. The van der Waals surface area contributed by atoms with Crippen molar-refractivity contribution in [2.45, 2.75) is 0 Å². The number of thioether (sulfide) groups is 1. The van der Waals surface area contributed by atoms with Crippen LogP contribution in [0.1, 0.15) is 0 Å². The van der Waals surface area contributed by atoms with Gasteiger partial charge in [0.2, 0.25) is 0 Å². The van der Waals surface area contributed by atoms with Crippen molar-refractivity contribution in [2.75, 3.05) is 37.5 Å². The van der Waals surface area contributed by atoms with Crippen LogP contribution in [-0.4, -0.2) is 37.7 Å². The SMILES string of the molecule is CSC(N)=Nc1ccccc1N1CCOCC1. The number of hydrogen-bond acceptors (Lipinski definition) is 4. The second kappa shape index (κ2) is 5.93. The van der Waals surface area contributed by atoms with Crippen molar-refractivity contribution in [2.24, 2.45) is 10.7 Å². The van der Waals surface area contributed by atoms with Crippen LogP contribution in [0.4, 0.5) is 11.4 Å². The fourth-order valence-electron chi connectivity index (χ4n) is 1.79. The van der Waals surface area contributed by atoms with Gasteiger partial charge in [0, 0.05) is 13.1 Å². The van der Waals surface area contributed by atoms with Crippen LogP contribution in [0, 0.1) is 0 Å². The minimum Gasteiger partial charge on any atom is -0.378 e. The van der Waals surface area contributed by atoms with Gasteiger partial charge in [-0.3, -0.25) is 0 Å². The van der Waals surface area contributed by atoms with Gasteiger partial charge < -0.3 is 15.4 Å². The van der Waals surface area contributed by atoms with Crippen LogP contribution in [0.2, 0.25) is 0 Å². The molecule has 0 bridgehead atoms. The van der Waals surface area contributed by atoms with E-state index in [-0.39, 0.29) is 0 Å². The number of para-hydroxylation sites is 2. The second-order valence-electron chi connectivity index (χ2n) is 3.74. The molecule has 2 N–H and O–H groups in total. The first-order valence-corrected chi connectivity index (χ1v) is 6.83. The number of aliphatic imine (C=N–C) groups is 1. The standard InChI is InChI=1S/C12H17N3OS/c1-17-12(13)14-10-4-2-3-5-11(10)15-6-8-16-9-7-15/h2-5H,6-9H2,1H3,(H2,13,14). The van der Waals surface area contributed by atoms with E-state index in [1.807, 2.05) is 24.5 Å². The first kappa shape index (κ1) is 12.3. The van der Waals surface area contributed by atoms with Crippen molar-refractivity contribution in [3.8, 4) is 0 Å². The first-order chi connectivity index (χ1) is 8.31. The Bertz CT molecular complexity index is 402. The lowest BCUT2D eigenvalue weighted by molar-refractivity contribution is 0.123. The van der Waals surface area contributed by atoms with Gasteiger partial charge in [-0.05, 0) is 18.4 Å². The van der Waals surface area contributed by atoms with Gasteiger partial charge in [0.05, 0.1) is 24.6 Å². The second-order valence-corrected chi connectivity index (χ2v) is 4.57. The minimum absolute atomic E-state index is 0.589. The van der Waals surface area contributed by atoms with E-state index < -0.39 is 0 Å². The molecule has 17 heavy (non-hydrogen) atoms. The van der Waals surface area contributed by atoms with E-state index in [9.17, 15) is 0 Å². The zero-order chi connectivity index (χ0) is 12.1. The van der Waals surface area contributed by atoms with E-state index >= 15 is 0 Å². The van der Waals surface area contributed by atoms with Crippen LogP contribution in [-0.2, 0) is 4.74 Å². The molecule has 0 amide bonds. The minimum atomic E-state index is 0.589. The number of ether oxygens (including phenoxy) is 1. The monoisotopic (exact) mass is 251 g/mol. The van der Waals surface area contributed by atoms with E-state index in [0.29, 0.717) is 5.17 Å². The van der Waals surface area contributed by atoms with Gasteiger partial charge in [0.25, 0.3) is 0 Å². The van der Waals surface area contributed by atoms with Crippen LogP contribution in [0.3, 0.4) is 0 Å². The van der Waals surface area contributed by atoms with Crippen molar-refractivity contribution in [3.05, 3.63) is 24.3 Å². The number of morpholine rings is 1. The van der Waals surface area contributed by atoms with Crippen molar-refractivity contribution < 1.29 is 4.74 Å². The first-order valence-electron chi connectivity index (χ1n) is 5.61. The van der Waals surface area contributed by atoms with Gasteiger partial charge in [-0.15, -0.1) is 0 Å². The van der Waals surface area contributed by atoms with Crippen LogP contribution in [0.5, 0.6) is 0 Å². The Morgan fingerprint density at radius 2 is 2.06 bits per heavy atom. The summed E-state index contributed by atoms with van der Waals surface area (Å²) in [5.74, 6) is 0. The third-order valence-corrected chi connectivity index (χ3v) is 3.18. The van der Waals surface area contributed by atoms with E-state index in [4.69, 9.17) is 10.5 Å². The number of nitrogens with zero attached hydrogens (tertiary/aromatic N) is 2. The molecule has 0 aliphatic carbocycles. The number of hydrogen-bond donors (Lipinski definition) is 1. The van der Waals surface area contributed by atoms with Gasteiger partial charge >= 0.3 is 0 Å². The van der Waals surface area contributed by atoms with Crippen LogP contribution < -0.4 is 10.6 Å². The van der Waals surface area contributed by atoms with Crippen LogP contribution >= 0.6 is 11.8 Å². The maximum Gasteiger partial charge on any atom is 0.158 e. The molecule has 1 aliphatic heterocycles. The largest absolute Gasteiger partial charge is 0.378 e. The number of rotatable bonds is 2. The Kier molecular flexibility index (Phi) is 4.28. The molecule has 1 fully saturated rings. The smallest absolute Gasteiger partial charge is 0.158 e. The molecule has 0 aromatic heterocycles. The maximum absolute atomic E-state index is 5.77. The molecule has 0 spiro atoms. The molecular formula is C12H17N3OS. The molecule has 1 aromatic rings. The van der Waals surface area contributed by atoms with Crippen molar-refractivity contribution >= 4 is 28.3 Å². The topological polar surface area (TPSA) is 50.8 Å². The predicted molar refractivity (Wildman–Crippen MR) is 74.3 cm³/mol. The summed E-state index contributed by atoms with van der Waals surface area (Å²) in [5.41, 5.74) is 7.84. The molecule has 4 nitrogen and oxygen atoms in total. The molecule has 1 saturated heterocycles. The van der Waals surface area contributed by atoms with Crippen molar-refractivity contribution in [3.63, 3.8) is 0 Å². The number of nitrogens with two attached hydrogens (primary N) is 1. The van der Waals surface area contributed by atoms with Gasteiger partial charge in [-0.2, -0.15) is 0 Å². The van der Waals surface area contributed by atoms with Gasteiger partial charge in [0.15, 0.2) is 5.17 Å². The fraction of sp³-hybridized carbons (Fsp3) is 0.417. The molecule has 92 valence electrons. The Morgan fingerprint density at radius 3 is 2.76 bits per heavy atom. The Morgan fingerprint density at radius 1 is 1.35 bits per heavy atom. The summed E-state index contributed by atoms with van der Waals surface area (Å²) >= 11 is 1.46. The lowest BCUT2D eigenvalue weighted by Crippen LogP contribution is -2.36. The summed E-state index contributed by atoms with van der Waals surface area (Å²) in [6, 6.07) is 8.08. The highest BCUT2D eigenvalue weighted by molar-refractivity contribution is 8.13. The zero-order valence-corrected chi connectivity index (χ0v) is 10.7. The Balaban J connectivity index is 2.26. The molecule has 1 aromatic carbocycles. The Hall–Kier alpha value is -1.20. The number of anilines is 1.